The minimum absolute atomic E-state index is 0.0585. The lowest BCUT2D eigenvalue weighted by molar-refractivity contribution is 0.0939. The van der Waals surface area contributed by atoms with Gasteiger partial charge in [0.15, 0.2) is 0 Å². The van der Waals surface area contributed by atoms with Gasteiger partial charge in [0.1, 0.15) is 6.23 Å². The minimum atomic E-state index is -0.402. The van der Waals surface area contributed by atoms with E-state index in [0.717, 1.165) is 55.0 Å². The second-order valence-electron chi connectivity index (χ2n) is 9.85. The predicted molar refractivity (Wildman–Crippen MR) is 146 cm³/mol. The number of carbonyl (C=O) groups is 1. The average molecular weight is 506 g/mol. The zero-order valence-corrected chi connectivity index (χ0v) is 21.6. The van der Waals surface area contributed by atoms with E-state index in [1.807, 2.05) is 32.0 Å². The van der Waals surface area contributed by atoms with Crippen LogP contribution in [0.25, 0.3) is 10.4 Å². The van der Waals surface area contributed by atoms with Crippen LogP contribution >= 0.6 is 11.3 Å². The molecule has 3 heterocycles. The molecule has 2 aliphatic rings. The molecule has 2 saturated heterocycles. The molecular weight excluding hydrogens is 470 g/mol. The molecule has 3 atom stereocenters. The van der Waals surface area contributed by atoms with Gasteiger partial charge in [-0.05, 0) is 60.9 Å². The van der Waals surface area contributed by atoms with Crippen molar-refractivity contribution < 1.29 is 9.90 Å². The van der Waals surface area contributed by atoms with Crippen molar-refractivity contribution in [2.75, 3.05) is 25.0 Å². The van der Waals surface area contributed by atoms with Gasteiger partial charge in [0.2, 0.25) is 0 Å². The van der Waals surface area contributed by atoms with Gasteiger partial charge in [-0.15, -0.1) is 11.3 Å². The van der Waals surface area contributed by atoms with Gasteiger partial charge >= 0.3 is 0 Å². The Balaban J connectivity index is 1.22. The number of aliphatic hydroxyl groups excluding tert-OH is 1. The van der Waals surface area contributed by atoms with Gasteiger partial charge < -0.3 is 26.4 Å². The lowest BCUT2D eigenvalue weighted by atomic mass is 10.0. The summed E-state index contributed by atoms with van der Waals surface area (Å²) < 4.78 is 0. The fourth-order valence-corrected chi connectivity index (χ4v) is 5.60. The van der Waals surface area contributed by atoms with Crippen LogP contribution in [0.3, 0.4) is 0 Å². The van der Waals surface area contributed by atoms with Crippen LogP contribution < -0.4 is 26.6 Å². The number of hydrogen-bond donors (Lipinski definition) is 6. The standard InChI is InChI=1S/C28H35N5O2S/c1-17-6-7-21(33-23-13-29-14-23)11-25(17)28(35)32-18(2)19-4-3-5-20(10-19)26-9-8-24(36-26)16-30-22-12-27(34)31-15-22/h3-11,18,22-23,27,29-31,33-34H,12-16H2,1-2H3,(H,32,35)/t18-,22-,27-/m1/s1. The van der Waals surface area contributed by atoms with Crippen molar-refractivity contribution in [3.05, 3.63) is 76.2 Å². The Hall–Kier alpha value is -2.75. The molecule has 5 rings (SSSR count). The molecule has 190 valence electrons. The molecule has 8 heteroatoms. The molecule has 1 aromatic heterocycles. The first kappa shape index (κ1) is 24.9. The molecule has 0 bridgehead atoms. The highest BCUT2D eigenvalue weighted by atomic mass is 32.1. The number of nitrogens with one attached hydrogen (secondary N) is 5. The second kappa shape index (κ2) is 11.1. The number of aliphatic hydroxyl groups is 1. The number of aryl methyl sites for hydroxylation is 1. The third-order valence-corrected chi connectivity index (χ3v) is 8.12. The normalized spacial score (nSPS) is 20.6. The zero-order valence-electron chi connectivity index (χ0n) is 20.8. The van der Waals surface area contributed by atoms with Gasteiger partial charge in [-0.1, -0.05) is 24.3 Å². The maximum Gasteiger partial charge on any atom is 0.252 e. The van der Waals surface area contributed by atoms with E-state index in [0.29, 0.717) is 17.6 Å². The summed E-state index contributed by atoms with van der Waals surface area (Å²) in [6, 6.07) is 19.3. The average Bonchev–Trinajstić information content (AvgIpc) is 3.50. The summed E-state index contributed by atoms with van der Waals surface area (Å²) in [4.78, 5) is 15.6. The molecule has 0 spiro atoms. The summed E-state index contributed by atoms with van der Waals surface area (Å²) in [6.45, 7) is 7.50. The number of hydrogen-bond acceptors (Lipinski definition) is 7. The quantitative estimate of drug-likeness (QED) is 0.267. The molecule has 0 radical (unpaired) electrons. The van der Waals surface area contributed by atoms with Gasteiger partial charge in [0.05, 0.1) is 12.1 Å². The van der Waals surface area contributed by atoms with Crippen LogP contribution in [0.4, 0.5) is 5.69 Å². The van der Waals surface area contributed by atoms with E-state index in [1.54, 1.807) is 11.3 Å². The number of rotatable bonds is 9. The molecule has 0 unspecified atom stereocenters. The molecule has 2 fully saturated rings. The highest BCUT2D eigenvalue weighted by Gasteiger charge is 2.21. The van der Waals surface area contributed by atoms with E-state index < -0.39 is 6.23 Å². The molecule has 0 saturated carbocycles. The van der Waals surface area contributed by atoms with Gasteiger partial charge in [0, 0.05) is 59.6 Å². The van der Waals surface area contributed by atoms with Gasteiger partial charge in [0.25, 0.3) is 5.91 Å². The first-order chi connectivity index (χ1) is 17.4. The van der Waals surface area contributed by atoms with E-state index >= 15 is 0 Å². The van der Waals surface area contributed by atoms with E-state index in [-0.39, 0.29) is 11.9 Å². The van der Waals surface area contributed by atoms with Crippen LogP contribution in [0.1, 0.15) is 45.7 Å². The first-order valence-corrected chi connectivity index (χ1v) is 13.5. The molecular formula is C28H35N5O2S. The monoisotopic (exact) mass is 505 g/mol. The summed E-state index contributed by atoms with van der Waals surface area (Å²) >= 11 is 1.77. The number of thiophene rings is 1. The number of carbonyl (C=O) groups excluding carboxylic acids is 1. The van der Waals surface area contributed by atoms with Crippen molar-refractivity contribution in [2.24, 2.45) is 0 Å². The van der Waals surface area contributed by atoms with Crippen LogP contribution in [-0.2, 0) is 6.54 Å². The second-order valence-corrected chi connectivity index (χ2v) is 11.0. The van der Waals surface area contributed by atoms with Crippen LogP contribution in [0.5, 0.6) is 0 Å². The molecule has 36 heavy (non-hydrogen) atoms. The Labute approximate surface area is 216 Å². The van der Waals surface area contributed by atoms with Crippen molar-refractivity contribution in [2.45, 2.75) is 51.2 Å². The number of anilines is 1. The van der Waals surface area contributed by atoms with Crippen molar-refractivity contribution in [1.29, 1.82) is 0 Å². The van der Waals surface area contributed by atoms with Crippen LogP contribution in [0.15, 0.2) is 54.6 Å². The van der Waals surface area contributed by atoms with Crippen LogP contribution in [0, 0.1) is 6.92 Å². The predicted octanol–water partition coefficient (Wildman–Crippen LogP) is 3.37. The zero-order chi connectivity index (χ0) is 25.1. The molecule has 1 amide bonds. The first-order valence-electron chi connectivity index (χ1n) is 12.7. The molecule has 3 aromatic rings. The number of amides is 1. The van der Waals surface area contributed by atoms with Gasteiger partial charge in [-0.3, -0.25) is 10.1 Å². The Morgan fingerprint density at radius 3 is 2.72 bits per heavy atom. The molecule has 2 aliphatic heterocycles. The topological polar surface area (TPSA) is 97.5 Å². The van der Waals surface area contributed by atoms with E-state index in [4.69, 9.17) is 0 Å². The lowest BCUT2D eigenvalue weighted by Gasteiger charge is -2.29. The van der Waals surface area contributed by atoms with Crippen LogP contribution in [-0.4, -0.2) is 49.0 Å². The molecule has 6 N–H and O–H groups in total. The Morgan fingerprint density at radius 2 is 1.97 bits per heavy atom. The van der Waals surface area contributed by atoms with Crippen molar-refractivity contribution in [3.63, 3.8) is 0 Å². The lowest BCUT2D eigenvalue weighted by Crippen LogP contribution is -2.51. The summed E-state index contributed by atoms with van der Waals surface area (Å²) in [5.74, 6) is -0.0585. The van der Waals surface area contributed by atoms with Gasteiger partial charge in [-0.2, -0.15) is 0 Å². The SMILES string of the molecule is Cc1ccc(NC2CNC2)cc1C(=O)N[C@H](C)c1cccc(-c2ccc(CN[C@H]3CN[C@H](O)C3)s2)c1. The van der Waals surface area contributed by atoms with Crippen LogP contribution in [0.2, 0.25) is 0 Å². The summed E-state index contributed by atoms with van der Waals surface area (Å²) in [5, 5.41) is 26.1. The molecule has 0 aliphatic carbocycles. The van der Waals surface area contributed by atoms with Gasteiger partial charge in [-0.25, -0.2) is 0 Å². The Bertz CT molecular complexity index is 1210. The minimum Gasteiger partial charge on any atom is -0.380 e. The maximum atomic E-state index is 13.2. The Morgan fingerprint density at radius 1 is 1.11 bits per heavy atom. The fraction of sp³-hybridized carbons (Fsp3) is 0.393. The van der Waals surface area contributed by atoms with Crippen molar-refractivity contribution in [3.8, 4) is 10.4 Å². The smallest absolute Gasteiger partial charge is 0.252 e. The number of benzene rings is 2. The largest absolute Gasteiger partial charge is 0.380 e. The molecule has 7 nitrogen and oxygen atoms in total. The summed E-state index contributed by atoms with van der Waals surface area (Å²) in [5.41, 5.74) is 4.88. The van der Waals surface area contributed by atoms with Crippen molar-refractivity contribution >= 4 is 22.9 Å². The highest BCUT2D eigenvalue weighted by molar-refractivity contribution is 7.15. The summed E-state index contributed by atoms with van der Waals surface area (Å²) in [7, 11) is 0. The molecule has 2 aromatic carbocycles. The fourth-order valence-electron chi connectivity index (χ4n) is 4.64. The third-order valence-electron chi connectivity index (χ3n) is 6.99. The summed E-state index contributed by atoms with van der Waals surface area (Å²) in [6.07, 6.45) is 0.336. The van der Waals surface area contributed by atoms with E-state index in [2.05, 4.69) is 63.0 Å². The third kappa shape index (κ3) is 5.96. The maximum absolute atomic E-state index is 13.2. The van der Waals surface area contributed by atoms with E-state index in [1.165, 1.54) is 9.75 Å². The van der Waals surface area contributed by atoms with Crippen molar-refractivity contribution in [1.82, 2.24) is 21.3 Å². The Kier molecular flexibility index (Phi) is 7.69. The van der Waals surface area contributed by atoms with E-state index in [9.17, 15) is 9.90 Å². The highest BCUT2D eigenvalue weighted by Crippen LogP contribution is 2.30.